The number of nitrogens with two attached hydrogens (primary N) is 1. The van der Waals surface area contributed by atoms with Gasteiger partial charge in [-0.3, -0.25) is 9.69 Å². The molecule has 2 N–H and O–H groups in total. The molecule has 2 aromatic heterocycles. The quantitative estimate of drug-likeness (QED) is 0.644. The van der Waals surface area contributed by atoms with E-state index in [1.807, 2.05) is 25.7 Å². The Morgan fingerprint density at radius 3 is 2.47 bits per heavy atom. The Balaban J connectivity index is 1.17. The van der Waals surface area contributed by atoms with Crippen molar-refractivity contribution in [2.24, 2.45) is 5.73 Å². The maximum Gasteiger partial charge on any atom is 0.410 e. The Morgan fingerprint density at radius 2 is 1.81 bits per heavy atom. The SMILES string of the molecule is CC(C)(C)OC(=O)N1CCN([C@H]2CC[C@H](Oc3ncnc4sc5c(c34)[C@@H](CC(N)=O)CC5)CC2)CC1. The van der Waals surface area contributed by atoms with Crippen molar-refractivity contribution in [2.75, 3.05) is 26.2 Å². The monoisotopic (exact) mass is 515 g/mol. The van der Waals surface area contributed by atoms with Crippen molar-refractivity contribution in [3.63, 3.8) is 0 Å². The van der Waals surface area contributed by atoms with Crippen LogP contribution in [0.25, 0.3) is 10.2 Å². The van der Waals surface area contributed by atoms with Crippen molar-refractivity contribution in [1.29, 1.82) is 0 Å². The summed E-state index contributed by atoms with van der Waals surface area (Å²) in [7, 11) is 0. The van der Waals surface area contributed by atoms with Crippen LogP contribution < -0.4 is 10.5 Å². The van der Waals surface area contributed by atoms with Gasteiger partial charge >= 0.3 is 6.09 Å². The number of hydrogen-bond donors (Lipinski definition) is 1. The van der Waals surface area contributed by atoms with E-state index in [2.05, 4.69) is 14.9 Å². The average molecular weight is 516 g/mol. The van der Waals surface area contributed by atoms with Gasteiger partial charge in [0.2, 0.25) is 11.8 Å². The highest BCUT2D eigenvalue weighted by Gasteiger charge is 2.34. The van der Waals surface area contributed by atoms with E-state index in [9.17, 15) is 9.59 Å². The second-order valence-corrected chi connectivity index (χ2v) is 12.3. The first-order valence-corrected chi connectivity index (χ1v) is 13.9. The van der Waals surface area contributed by atoms with Gasteiger partial charge in [0.1, 0.15) is 22.9 Å². The molecule has 36 heavy (non-hydrogen) atoms. The number of piperazine rings is 1. The van der Waals surface area contributed by atoms with Crippen LogP contribution in [0, 0.1) is 0 Å². The number of amides is 2. The molecule has 1 saturated heterocycles. The van der Waals surface area contributed by atoms with Gasteiger partial charge in [0.15, 0.2) is 0 Å². The summed E-state index contributed by atoms with van der Waals surface area (Å²) >= 11 is 1.69. The van der Waals surface area contributed by atoms with E-state index in [0.29, 0.717) is 31.4 Å². The van der Waals surface area contributed by atoms with E-state index in [0.717, 1.165) is 61.8 Å². The molecular formula is C26H37N5O4S. The number of fused-ring (bicyclic) bond motifs is 3. The zero-order valence-corrected chi connectivity index (χ0v) is 22.3. The molecule has 1 aliphatic heterocycles. The van der Waals surface area contributed by atoms with Gasteiger partial charge in [-0.2, -0.15) is 0 Å². The standard InChI is InChI=1S/C26H37N5O4S/c1-26(2,3)35-25(33)31-12-10-30(11-13-31)17-5-7-18(8-6-17)34-23-22-21-16(14-20(27)32)4-9-19(21)36-24(22)29-15-28-23/h15-18H,4-14H2,1-3H3,(H2,27,32)/t16-,17-,18-/m1/s1. The lowest BCUT2D eigenvalue weighted by atomic mass is 9.91. The van der Waals surface area contributed by atoms with E-state index in [4.69, 9.17) is 15.2 Å². The normalized spacial score (nSPS) is 25.1. The topological polar surface area (TPSA) is 111 Å². The fourth-order valence-corrected chi connectivity index (χ4v) is 7.09. The van der Waals surface area contributed by atoms with Gasteiger partial charge < -0.3 is 20.1 Å². The van der Waals surface area contributed by atoms with Gasteiger partial charge in [0, 0.05) is 43.5 Å². The molecule has 1 atom stereocenters. The van der Waals surface area contributed by atoms with Crippen LogP contribution in [0.4, 0.5) is 4.79 Å². The van der Waals surface area contributed by atoms with E-state index in [1.54, 1.807) is 17.7 Å². The zero-order chi connectivity index (χ0) is 25.4. The molecule has 0 aromatic carbocycles. The number of hydrogen-bond acceptors (Lipinski definition) is 8. The third-order valence-corrected chi connectivity index (χ3v) is 8.72. The number of aromatic nitrogens is 2. The van der Waals surface area contributed by atoms with Crippen LogP contribution >= 0.6 is 11.3 Å². The smallest absolute Gasteiger partial charge is 0.410 e. The van der Waals surface area contributed by atoms with Crippen molar-refractivity contribution in [3.05, 3.63) is 16.8 Å². The fraction of sp³-hybridized carbons (Fsp3) is 0.692. The number of rotatable bonds is 5. The Labute approximate surface area is 216 Å². The Bertz CT molecular complexity index is 1110. The van der Waals surface area contributed by atoms with Gasteiger partial charge in [0.25, 0.3) is 0 Å². The van der Waals surface area contributed by atoms with E-state index < -0.39 is 5.60 Å². The van der Waals surface area contributed by atoms with Crippen LogP contribution in [0.2, 0.25) is 0 Å². The van der Waals surface area contributed by atoms with Crippen molar-refractivity contribution in [2.45, 2.75) is 89.4 Å². The zero-order valence-electron chi connectivity index (χ0n) is 21.5. The Hall–Kier alpha value is -2.46. The number of carbonyl (C=O) groups excluding carboxylic acids is 2. The molecule has 1 saturated carbocycles. The predicted molar refractivity (Wildman–Crippen MR) is 138 cm³/mol. The minimum atomic E-state index is -0.465. The van der Waals surface area contributed by atoms with Crippen LogP contribution in [-0.2, 0) is 16.0 Å². The van der Waals surface area contributed by atoms with Gasteiger partial charge in [-0.15, -0.1) is 11.3 Å². The molecule has 2 aliphatic carbocycles. The Morgan fingerprint density at radius 1 is 1.08 bits per heavy atom. The molecule has 5 rings (SSSR count). The van der Waals surface area contributed by atoms with E-state index >= 15 is 0 Å². The van der Waals surface area contributed by atoms with Crippen molar-refractivity contribution >= 4 is 33.6 Å². The minimum Gasteiger partial charge on any atom is -0.474 e. The van der Waals surface area contributed by atoms with Crippen molar-refractivity contribution < 1.29 is 19.1 Å². The predicted octanol–water partition coefficient (Wildman–Crippen LogP) is 3.84. The molecule has 196 valence electrons. The van der Waals surface area contributed by atoms with Crippen LogP contribution in [0.3, 0.4) is 0 Å². The lowest BCUT2D eigenvalue weighted by Crippen LogP contribution is -2.53. The largest absolute Gasteiger partial charge is 0.474 e. The highest BCUT2D eigenvalue weighted by Crippen LogP contribution is 2.47. The molecule has 2 fully saturated rings. The summed E-state index contributed by atoms with van der Waals surface area (Å²) in [6.45, 7) is 8.88. The lowest BCUT2D eigenvalue weighted by Gasteiger charge is -2.42. The molecule has 0 unspecified atom stereocenters. The summed E-state index contributed by atoms with van der Waals surface area (Å²) in [6, 6.07) is 0.515. The summed E-state index contributed by atoms with van der Waals surface area (Å²) in [5.41, 5.74) is 6.24. The van der Waals surface area contributed by atoms with E-state index in [-0.39, 0.29) is 24.0 Å². The first-order valence-electron chi connectivity index (χ1n) is 13.1. The highest BCUT2D eigenvalue weighted by atomic mass is 32.1. The molecule has 9 nitrogen and oxygen atoms in total. The summed E-state index contributed by atoms with van der Waals surface area (Å²) in [5, 5.41) is 0.988. The number of ether oxygens (including phenoxy) is 2. The molecule has 3 aliphatic rings. The van der Waals surface area contributed by atoms with Crippen LogP contribution in [-0.4, -0.2) is 75.7 Å². The third kappa shape index (κ3) is 5.44. The maximum absolute atomic E-state index is 12.4. The van der Waals surface area contributed by atoms with Crippen molar-refractivity contribution in [3.8, 4) is 5.88 Å². The second kappa shape index (κ2) is 10.1. The number of thiophene rings is 1. The third-order valence-electron chi connectivity index (χ3n) is 7.55. The maximum atomic E-state index is 12.4. The molecule has 0 spiro atoms. The van der Waals surface area contributed by atoms with Gasteiger partial charge in [0.05, 0.1) is 5.39 Å². The number of aryl methyl sites for hydroxylation is 1. The molecule has 3 heterocycles. The van der Waals surface area contributed by atoms with Crippen molar-refractivity contribution in [1.82, 2.24) is 19.8 Å². The molecule has 0 radical (unpaired) electrons. The minimum absolute atomic E-state index is 0.119. The van der Waals surface area contributed by atoms with Gasteiger partial charge in [-0.25, -0.2) is 14.8 Å². The lowest BCUT2D eigenvalue weighted by molar-refractivity contribution is -0.118. The summed E-state index contributed by atoms with van der Waals surface area (Å²) in [6.07, 6.45) is 7.83. The number of primary amides is 1. The van der Waals surface area contributed by atoms with E-state index in [1.165, 1.54) is 10.4 Å². The number of nitrogens with zero attached hydrogens (tertiary/aromatic N) is 4. The second-order valence-electron chi connectivity index (χ2n) is 11.3. The molecular weight excluding hydrogens is 478 g/mol. The van der Waals surface area contributed by atoms with Gasteiger partial charge in [-0.1, -0.05) is 0 Å². The summed E-state index contributed by atoms with van der Waals surface area (Å²) in [5.74, 6) is 0.523. The number of carbonyl (C=O) groups is 2. The molecule has 2 amide bonds. The molecule has 10 heteroatoms. The Kier molecular flexibility index (Phi) is 7.09. The first-order chi connectivity index (χ1) is 17.2. The highest BCUT2D eigenvalue weighted by molar-refractivity contribution is 7.19. The van der Waals surface area contributed by atoms with Crippen LogP contribution in [0.1, 0.15) is 75.7 Å². The molecule has 2 aromatic rings. The summed E-state index contributed by atoms with van der Waals surface area (Å²) < 4.78 is 12.0. The van der Waals surface area contributed by atoms with Crippen LogP contribution in [0.5, 0.6) is 5.88 Å². The summed E-state index contributed by atoms with van der Waals surface area (Å²) in [4.78, 5) is 39.6. The fourth-order valence-electron chi connectivity index (χ4n) is 5.86. The average Bonchev–Trinajstić information content (AvgIpc) is 3.38. The molecule has 0 bridgehead atoms. The first kappa shape index (κ1) is 25.2. The van der Waals surface area contributed by atoms with Crippen LogP contribution in [0.15, 0.2) is 6.33 Å². The van der Waals surface area contributed by atoms with Gasteiger partial charge in [-0.05, 0) is 70.8 Å².